The van der Waals surface area contributed by atoms with Gasteiger partial charge in [-0.3, -0.25) is 4.79 Å². The van der Waals surface area contributed by atoms with Crippen LogP contribution in [0.3, 0.4) is 0 Å². The fourth-order valence-corrected chi connectivity index (χ4v) is 4.28. The molecule has 1 fully saturated rings. The summed E-state index contributed by atoms with van der Waals surface area (Å²) in [7, 11) is 1.97. The number of aryl methyl sites for hydroxylation is 1. The number of benzene rings is 1. The molecule has 0 spiro atoms. The summed E-state index contributed by atoms with van der Waals surface area (Å²) < 4.78 is 7.30. The van der Waals surface area contributed by atoms with E-state index in [1.807, 2.05) is 62.8 Å². The molecule has 7 nitrogen and oxygen atoms in total. The Bertz CT molecular complexity index is 916. The van der Waals surface area contributed by atoms with E-state index < -0.39 is 5.60 Å². The van der Waals surface area contributed by atoms with Crippen LogP contribution in [0.4, 0.5) is 4.79 Å². The predicted molar refractivity (Wildman–Crippen MR) is 128 cm³/mol. The number of rotatable bonds is 9. The zero-order valence-corrected chi connectivity index (χ0v) is 19.9. The number of nitrogens with one attached hydrogen (secondary N) is 2. The Hall–Kier alpha value is -2.54. The first-order valence-corrected chi connectivity index (χ1v) is 11.7. The second-order valence-corrected chi connectivity index (χ2v) is 9.83. The van der Waals surface area contributed by atoms with E-state index >= 15 is 0 Å². The van der Waals surface area contributed by atoms with Crippen molar-refractivity contribution in [2.24, 2.45) is 13.0 Å². The summed E-state index contributed by atoms with van der Waals surface area (Å²) >= 11 is 0. The molecule has 2 amide bonds. The van der Waals surface area contributed by atoms with Gasteiger partial charge in [-0.2, -0.15) is 0 Å². The Morgan fingerprint density at radius 2 is 1.91 bits per heavy atom. The molecule has 3 rings (SSSR count). The Morgan fingerprint density at radius 1 is 1.12 bits per heavy atom. The largest absolute Gasteiger partial charge is 0.444 e. The van der Waals surface area contributed by atoms with Gasteiger partial charge in [-0.15, -0.1) is 0 Å². The van der Waals surface area contributed by atoms with Crippen molar-refractivity contribution in [1.82, 2.24) is 20.1 Å². The van der Waals surface area contributed by atoms with Crippen LogP contribution in [0.5, 0.6) is 0 Å². The van der Waals surface area contributed by atoms with Crippen molar-refractivity contribution in [3.8, 4) is 0 Å². The molecule has 176 valence electrons. The predicted octanol–water partition coefficient (Wildman–Crippen LogP) is 3.93. The molecule has 32 heavy (non-hydrogen) atoms. The van der Waals surface area contributed by atoms with E-state index in [-0.39, 0.29) is 12.0 Å². The molecule has 1 atom stereocenters. The third-order valence-electron chi connectivity index (χ3n) is 5.88. The number of carbonyl (C=O) groups is 2. The third-order valence-corrected chi connectivity index (χ3v) is 5.88. The first-order valence-electron chi connectivity index (χ1n) is 11.7. The van der Waals surface area contributed by atoms with Crippen LogP contribution in [-0.2, 0) is 11.8 Å². The zero-order chi connectivity index (χ0) is 23.1. The lowest BCUT2D eigenvalue weighted by atomic mass is 10.1. The first kappa shape index (κ1) is 24.1. The number of hydrogen-bond acceptors (Lipinski definition) is 4. The van der Waals surface area contributed by atoms with Gasteiger partial charge in [-0.05, 0) is 65.1 Å². The van der Waals surface area contributed by atoms with Crippen molar-refractivity contribution < 1.29 is 14.3 Å². The maximum Gasteiger partial charge on any atom is 0.407 e. The maximum absolute atomic E-state index is 12.6. The van der Waals surface area contributed by atoms with Gasteiger partial charge in [0.15, 0.2) is 0 Å². The van der Waals surface area contributed by atoms with Gasteiger partial charge < -0.3 is 24.8 Å². The summed E-state index contributed by atoms with van der Waals surface area (Å²) in [6.07, 6.45) is 5.87. The van der Waals surface area contributed by atoms with Crippen LogP contribution in [0.25, 0.3) is 10.9 Å². The monoisotopic (exact) mass is 442 g/mol. The van der Waals surface area contributed by atoms with E-state index in [0.717, 1.165) is 61.8 Å². The molecule has 1 aliphatic rings. The van der Waals surface area contributed by atoms with Crippen LogP contribution >= 0.6 is 0 Å². The van der Waals surface area contributed by atoms with Crippen molar-refractivity contribution in [2.75, 3.05) is 32.7 Å². The number of hydrogen-bond donors (Lipinski definition) is 2. The van der Waals surface area contributed by atoms with Gasteiger partial charge in [0.2, 0.25) is 0 Å². The lowest BCUT2D eigenvalue weighted by Gasteiger charge is -2.21. The van der Waals surface area contributed by atoms with Crippen molar-refractivity contribution in [3.05, 3.63) is 36.0 Å². The number of alkyl carbamates (subject to hydrolysis) is 1. The molecule has 2 aromatic rings. The number of para-hydroxylation sites is 1. The molecule has 0 bridgehead atoms. The average Bonchev–Trinajstić information content (AvgIpc) is 3.32. The molecule has 2 heterocycles. The Kier molecular flexibility index (Phi) is 8.18. The molecular weight excluding hydrogens is 404 g/mol. The second kappa shape index (κ2) is 10.9. The minimum atomic E-state index is -0.458. The molecular formula is C25H38N4O3. The van der Waals surface area contributed by atoms with Gasteiger partial charge in [0, 0.05) is 43.8 Å². The summed E-state index contributed by atoms with van der Waals surface area (Å²) in [6.45, 7) is 10.2. The van der Waals surface area contributed by atoms with Crippen molar-refractivity contribution in [1.29, 1.82) is 0 Å². The summed E-state index contributed by atoms with van der Waals surface area (Å²) in [5.41, 5.74) is 1.36. The molecule has 0 unspecified atom stereocenters. The highest BCUT2D eigenvalue weighted by Gasteiger charge is 2.23. The van der Waals surface area contributed by atoms with Gasteiger partial charge >= 0.3 is 6.09 Å². The molecule has 0 radical (unpaired) electrons. The molecule has 0 aliphatic carbocycles. The lowest BCUT2D eigenvalue weighted by molar-refractivity contribution is 0.0519. The van der Waals surface area contributed by atoms with Crippen LogP contribution < -0.4 is 10.6 Å². The smallest absolute Gasteiger partial charge is 0.407 e. The Balaban J connectivity index is 1.27. The van der Waals surface area contributed by atoms with Gasteiger partial charge in [-0.25, -0.2) is 4.79 Å². The van der Waals surface area contributed by atoms with Crippen molar-refractivity contribution in [3.63, 3.8) is 0 Å². The number of unbranched alkanes of at least 4 members (excludes halogenated alkanes) is 2. The van der Waals surface area contributed by atoms with E-state index in [2.05, 4.69) is 15.5 Å². The number of aromatic nitrogens is 1. The number of likely N-dealkylation sites (tertiary alicyclic amines) is 1. The van der Waals surface area contributed by atoms with E-state index in [1.54, 1.807) is 0 Å². The van der Waals surface area contributed by atoms with E-state index in [0.29, 0.717) is 19.0 Å². The molecule has 1 aromatic heterocycles. The number of carbonyl (C=O) groups excluding carboxylic acids is 2. The molecule has 7 heteroatoms. The number of ether oxygens (including phenoxy) is 1. The lowest BCUT2D eigenvalue weighted by Crippen LogP contribution is -2.36. The highest BCUT2D eigenvalue weighted by Crippen LogP contribution is 2.20. The topological polar surface area (TPSA) is 75.6 Å². The van der Waals surface area contributed by atoms with Gasteiger partial charge in [-0.1, -0.05) is 24.6 Å². The first-order chi connectivity index (χ1) is 15.2. The molecule has 1 saturated heterocycles. The SMILES string of the molecule is Cn1cc(C(=O)NCCCCCN2CC[C@@H](CNC(=O)OC(C)(C)C)C2)c2ccccc21. The fourth-order valence-electron chi connectivity index (χ4n) is 4.28. The molecule has 1 aromatic carbocycles. The standard InChI is InChI=1S/C25H38N4O3/c1-25(2,3)32-24(31)27-16-19-12-15-29(17-19)14-9-5-8-13-26-23(30)21-18-28(4)22-11-7-6-10-20(21)22/h6-7,10-11,18-19H,5,8-9,12-17H2,1-4H3,(H,26,30)(H,27,31)/t19-/m0/s1. The van der Waals surface area contributed by atoms with Crippen LogP contribution in [0.2, 0.25) is 0 Å². The minimum Gasteiger partial charge on any atom is -0.444 e. The second-order valence-electron chi connectivity index (χ2n) is 9.83. The highest BCUT2D eigenvalue weighted by molar-refractivity contribution is 6.06. The van der Waals surface area contributed by atoms with E-state index in [9.17, 15) is 9.59 Å². The average molecular weight is 443 g/mol. The summed E-state index contributed by atoms with van der Waals surface area (Å²) in [5.74, 6) is 0.490. The normalized spacial score (nSPS) is 16.9. The van der Waals surface area contributed by atoms with Gasteiger partial charge in [0.1, 0.15) is 5.60 Å². The Morgan fingerprint density at radius 3 is 2.69 bits per heavy atom. The number of nitrogens with zero attached hydrogens (tertiary/aromatic N) is 2. The van der Waals surface area contributed by atoms with Crippen LogP contribution in [-0.4, -0.2) is 59.8 Å². The van der Waals surface area contributed by atoms with Crippen LogP contribution in [0, 0.1) is 5.92 Å². The van der Waals surface area contributed by atoms with Crippen molar-refractivity contribution in [2.45, 2.75) is 52.1 Å². The maximum atomic E-state index is 12.6. The zero-order valence-electron chi connectivity index (χ0n) is 19.9. The van der Waals surface area contributed by atoms with Gasteiger partial charge in [0.05, 0.1) is 5.56 Å². The third kappa shape index (κ3) is 6.99. The Labute approximate surface area is 191 Å². The van der Waals surface area contributed by atoms with E-state index in [4.69, 9.17) is 4.74 Å². The summed E-state index contributed by atoms with van der Waals surface area (Å²) in [5, 5.41) is 6.96. The van der Waals surface area contributed by atoms with Crippen LogP contribution in [0.15, 0.2) is 30.5 Å². The molecule has 1 aliphatic heterocycles. The molecule has 2 N–H and O–H groups in total. The van der Waals surface area contributed by atoms with Crippen molar-refractivity contribution >= 4 is 22.9 Å². The van der Waals surface area contributed by atoms with E-state index in [1.165, 1.54) is 0 Å². The molecule has 0 saturated carbocycles. The quantitative estimate of drug-likeness (QED) is 0.577. The number of amides is 2. The fraction of sp³-hybridized carbons (Fsp3) is 0.600. The van der Waals surface area contributed by atoms with Gasteiger partial charge in [0.25, 0.3) is 5.91 Å². The summed E-state index contributed by atoms with van der Waals surface area (Å²) in [6, 6.07) is 7.99. The number of fused-ring (bicyclic) bond motifs is 1. The van der Waals surface area contributed by atoms with Crippen LogP contribution in [0.1, 0.15) is 56.8 Å². The summed E-state index contributed by atoms with van der Waals surface area (Å²) in [4.78, 5) is 26.8. The minimum absolute atomic E-state index is 0.00155. The highest BCUT2D eigenvalue weighted by atomic mass is 16.6.